The molecule has 0 atom stereocenters. The number of nitrogens with two attached hydrogens (primary N) is 1. The summed E-state index contributed by atoms with van der Waals surface area (Å²) in [7, 11) is 1.66. The van der Waals surface area contributed by atoms with Gasteiger partial charge in [0.05, 0.1) is 29.4 Å². The van der Waals surface area contributed by atoms with E-state index in [9.17, 15) is 0 Å². The van der Waals surface area contributed by atoms with Gasteiger partial charge in [0.1, 0.15) is 28.8 Å². The van der Waals surface area contributed by atoms with Gasteiger partial charge in [-0.2, -0.15) is 15.1 Å². The van der Waals surface area contributed by atoms with Crippen LogP contribution in [-0.2, 0) is 0 Å². The van der Waals surface area contributed by atoms with Crippen LogP contribution in [0.25, 0.3) is 33.1 Å². The van der Waals surface area contributed by atoms with Crippen LogP contribution in [0, 0.1) is 13.8 Å². The van der Waals surface area contributed by atoms with Gasteiger partial charge in [0, 0.05) is 34.5 Å². The summed E-state index contributed by atoms with van der Waals surface area (Å²) in [5, 5.41) is 14.2. The Labute approximate surface area is 201 Å². The van der Waals surface area contributed by atoms with Gasteiger partial charge in [-0.15, -0.1) is 0 Å². The minimum atomic E-state index is 0.183. The number of anilines is 3. The number of hydrogen-bond donors (Lipinski definition) is 3. The van der Waals surface area contributed by atoms with E-state index in [0.717, 1.165) is 50.4 Å². The summed E-state index contributed by atoms with van der Waals surface area (Å²) < 4.78 is 13.2. The molecule has 1 aromatic carbocycles. The molecule has 1 aliphatic carbocycles. The number of nitrogens with zero attached hydrogens (tertiary/aromatic N) is 5. The van der Waals surface area contributed by atoms with Gasteiger partial charge < -0.3 is 25.3 Å². The summed E-state index contributed by atoms with van der Waals surface area (Å²) in [6, 6.07) is 6.34. The number of aryl methyl sites for hydroxylation is 2. The number of methoxy groups -OCH3 is 1. The second kappa shape index (κ2) is 7.72. The summed E-state index contributed by atoms with van der Waals surface area (Å²) in [5.41, 5.74) is 11.4. The largest absolute Gasteiger partial charge is 0.496 e. The van der Waals surface area contributed by atoms with E-state index in [0.29, 0.717) is 23.1 Å². The van der Waals surface area contributed by atoms with Gasteiger partial charge in [0.2, 0.25) is 5.95 Å². The van der Waals surface area contributed by atoms with E-state index in [4.69, 9.17) is 20.1 Å². The Bertz CT molecular complexity index is 1570. The molecule has 0 bridgehead atoms. The van der Waals surface area contributed by atoms with Crippen LogP contribution in [0.1, 0.15) is 55.8 Å². The Hall–Kier alpha value is -4.08. The molecule has 0 radical (unpaired) electrons. The zero-order valence-corrected chi connectivity index (χ0v) is 20.4. The summed E-state index contributed by atoms with van der Waals surface area (Å²) in [6.07, 6.45) is 2.38. The van der Waals surface area contributed by atoms with Crippen molar-refractivity contribution in [3.8, 4) is 16.9 Å². The van der Waals surface area contributed by atoms with Crippen LogP contribution in [0.3, 0.4) is 0 Å². The maximum atomic E-state index is 6.11. The van der Waals surface area contributed by atoms with E-state index in [2.05, 4.69) is 45.3 Å². The summed E-state index contributed by atoms with van der Waals surface area (Å²) in [5.74, 6) is 3.67. The van der Waals surface area contributed by atoms with Crippen molar-refractivity contribution in [1.29, 1.82) is 0 Å². The zero-order chi connectivity index (χ0) is 24.4. The minimum absolute atomic E-state index is 0.183. The molecule has 0 unspecified atom stereocenters. The fourth-order valence-electron chi connectivity index (χ4n) is 4.76. The van der Waals surface area contributed by atoms with Gasteiger partial charge in [0.15, 0.2) is 0 Å². The third kappa shape index (κ3) is 3.48. The average molecular weight is 473 g/mol. The lowest BCUT2D eigenvalue weighted by atomic mass is 10.0. The predicted molar refractivity (Wildman–Crippen MR) is 135 cm³/mol. The highest BCUT2D eigenvalue weighted by molar-refractivity contribution is 6.13. The quantitative estimate of drug-likeness (QED) is 0.300. The molecular weight excluding hydrogens is 444 g/mol. The zero-order valence-electron chi connectivity index (χ0n) is 20.4. The number of aromatic amines is 1. The number of fused-ring (bicyclic) bond motifs is 3. The Morgan fingerprint density at radius 2 is 2.00 bits per heavy atom. The molecule has 4 heterocycles. The van der Waals surface area contributed by atoms with E-state index in [1.807, 2.05) is 30.7 Å². The molecule has 1 saturated carbocycles. The van der Waals surface area contributed by atoms with E-state index in [1.54, 1.807) is 7.11 Å². The second-order valence-corrected chi connectivity index (χ2v) is 9.47. The van der Waals surface area contributed by atoms with Crippen molar-refractivity contribution in [3.63, 3.8) is 0 Å². The van der Waals surface area contributed by atoms with E-state index in [-0.39, 0.29) is 12.0 Å². The Balaban J connectivity index is 1.54. The lowest BCUT2D eigenvalue weighted by Crippen LogP contribution is -2.09. The van der Waals surface area contributed by atoms with Crippen molar-refractivity contribution in [2.75, 3.05) is 18.2 Å². The lowest BCUT2D eigenvalue weighted by Gasteiger charge is -2.13. The van der Waals surface area contributed by atoms with Crippen molar-refractivity contribution in [2.45, 2.75) is 52.5 Å². The van der Waals surface area contributed by atoms with E-state index < -0.39 is 0 Å². The van der Waals surface area contributed by atoms with Gasteiger partial charge in [-0.05, 0) is 52.7 Å². The molecule has 1 aliphatic rings. The normalized spacial score (nSPS) is 13.9. The molecule has 180 valence electrons. The molecule has 5 aromatic rings. The molecule has 1 fully saturated rings. The molecule has 10 heteroatoms. The number of ether oxygens (including phenoxy) is 1. The van der Waals surface area contributed by atoms with Crippen molar-refractivity contribution in [1.82, 2.24) is 29.9 Å². The standard InChI is InChI=1S/C25H28N8O2/c1-11(2)33-20(10-17(31-33)14-6-7-14)28-24-22-15-9-19(34-5)16(21-12(3)32-35-13(21)4)8-18(15)27-23(22)29-25(26)30-24/h8-11,14H,6-7H2,1-5H3,(H4,26,27,28,29,30). The highest BCUT2D eigenvalue weighted by atomic mass is 16.5. The van der Waals surface area contributed by atoms with Gasteiger partial charge in [-0.25, -0.2) is 4.68 Å². The average Bonchev–Trinajstić information content (AvgIpc) is 3.36. The Morgan fingerprint density at radius 1 is 1.20 bits per heavy atom. The van der Waals surface area contributed by atoms with Crippen molar-refractivity contribution in [2.24, 2.45) is 0 Å². The van der Waals surface area contributed by atoms with Crippen LogP contribution in [0.5, 0.6) is 5.75 Å². The Kier molecular flexibility index (Phi) is 4.73. The monoisotopic (exact) mass is 472 g/mol. The highest BCUT2D eigenvalue weighted by Gasteiger charge is 2.28. The number of rotatable bonds is 6. The summed E-state index contributed by atoms with van der Waals surface area (Å²) in [6.45, 7) is 8.05. The van der Waals surface area contributed by atoms with Crippen molar-refractivity contribution in [3.05, 3.63) is 35.3 Å². The first-order valence-corrected chi connectivity index (χ1v) is 11.8. The van der Waals surface area contributed by atoms with Gasteiger partial charge in [-0.1, -0.05) is 5.16 Å². The third-order valence-corrected chi connectivity index (χ3v) is 6.58. The maximum Gasteiger partial charge on any atom is 0.224 e. The molecule has 4 aromatic heterocycles. The van der Waals surface area contributed by atoms with Gasteiger partial charge >= 0.3 is 0 Å². The molecular formula is C25H28N8O2. The first-order chi connectivity index (χ1) is 16.8. The van der Waals surface area contributed by atoms with Crippen molar-refractivity contribution < 1.29 is 9.26 Å². The van der Waals surface area contributed by atoms with Crippen molar-refractivity contribution >= 4 is 39.5 Å². The van der Waals surface area contributed by atoms with Gasteiger partial charge in [0.25, 0.3) is 0 Å². The maximum absolute atomic E-state index is 6.11. The third-order valence-electron chi connectivity index (χ3n) is 6.58. The number of nitrogen functional groups attached to an aromatic ring is 1. The number of aromatic nitrogens is 6. The topological polar surface area (TPSA) is 133 Å². The lowest BCUT2D eigenvalue weighted by molar-refractivity contribution is 0.393. The summed E-state index contributed by atoms with van der Waals surface area (Å²) in [4.78, 5) is 12.5. The molecule has 35 heavy (non-hydrogen) atoms. The van der Waals surface area contributed by atoms with Gasteiger partial charge in [-0.3, -0.25) is 0 Å². The SMILES string of the molecule is COc1cc2c(cc1-c1c(C)noc1C)[nH]c1nc(N)nc(Nc3cc(C4CC4)nn3C(C)C)c12. The van der Waals surface area contributed by atoms with Crippen LogP contribution in [0.15, 0.2) is 22.7 Å². The molecule has 0 saturated heterocycles. The Morgan fingerprint density at radius 3 is 2.66 bits per heavy atom. The van der Waals surface area contributed by atoms with Crippen LogP contribution >= 0.6 is 0 Å². The molecule has 0 spiro atoms. The van der Waals surface area contributed by atoms with Crippen LogP contribution in [0.4, 0.5) is 17.6 Å². The number of H-pyrrole nitrogens is 1. The van der Waals surface area contributed by atoms with Crippen LogP contribution in [-0.4, -0.2) is 37.0 Å². The van der Waals surface area contributed by atoms with Crippen LogP contribution in [0.2, 0.25) is 0 Å². The van der Waals surface area contributed by atoms with E-state index >= 15 is 0 Å². The number of nitrogens with one attached hydrogen (secondary N) is 2. The second-order valence-electron chi connectivity index (χ2n) is 9.47. The van der Waals surface area contributed by atoms with Crippen LogP contribution < -0.4 is 15.8 Å². The highest BCUT2D eigenvalue weighted by Crippen LogP contribution is 2.43. The molecule has 6 rings (SSSR count). The first kappa shape index (κ1) is 21.5. The summed E-state index contributed by atoms with van der Waals surface area (Å²) >= 11 is 0. The predicted octanol–water partition coefficient (Wildman–Crippen LogP) is 5.37. The molecule has 10 nitrogen and oxygen atoms in total. The number of hydrogen-bond acceptors (Lipinski definition) is 8. The first-order valence-electron chi connectivity index (χ1n) is 11.8. The fourth-order valence-corrected chi connectivity index (χ4v) is 4.76. The molecule has 4 N–H and O–H groups in total. The smallest absolute Gasteiger partial charge is 0.224 e. The van der Waals surface area contributed by atoms with E-state index in [1.165, 1.54) is 12.8 Å². The molecule has 0 amide bonds. The number of benzene rings is 1. The fraction of sp³-hybridized carbons (Fsp3) is 0.360. The molecule has 0 aliphatic heterocycles. The minimum Gasteiger partial charge on any atom is -0.496 e.